The summed E-state index contributed by atoms with van der Waals surface area (Å²) >= 11 is 0. The zero-order valence-electron chi connectivity index (χ0n) is 9.05. The summed E-state index contributed by atoms with van der Waals surface area (Å²) in [5.74, 6) is -1.03. The molecule has 1 rings (SSSR count). The van der Waals surface area contributed by atoms with E-state index in [0.29, 0.717) is 13.0 Å². The molecule has 1 aliphatic rings. The summed E-state index contributed by atoms with van der Waals surface area (Å²) in [5.41, 5.74) is 0. The maximum Gasteiger partial charge on any atom is 0.335 e. The van der Waals surface area contributed by atoms with Crippen LogP contribution in [-0.2, 0) is 14.3 Å². The molecule has 0 aromatic rings. The second-order valence-corrected chi connectivity index (χ2v) is 3.89. The van der Waals surface area contributed by atoms with E-state index >= 15 is 0 Å². The Labute approximate surface area is 89.0 Å². The quantitative estimate of drug-likeness (QED) is 0.698. The largest absolute Gasteiger partial charge is 0.479 e. The number of ether oxygens (including phenoxy) is 2. The molecular weight excluding hydrogens is 200 g/mol. The van der Waals surface area contributed by atoms with Crippen LogP contribution in [0.3, 0.4) is 0 Å². The van der Waals surface area contributed by atoms with Gasteiger partial charge in [-0.15, -0.1) is 0 Å². The molecule has 1 fully saturated rings. The van der Waals surface area contributed by atoms with Crippen LogP contribution in [0.15, 0.2) is 0 Å². The molecule has 0 aromatic heterocycles. The lowest BCUT2D eigenvalue weighted by atomic mass is 10.1. The van der Waals surface area contributed by atoms with Crippen LogP contribution < -0.4 is 0 Å². The van der Waals surface area contributed by atoms with E-state index in [2.05, 4.69) is 0 Å². The number of carbonyl (C=O) groups is 1. The van der Waals surface area contributed by atoms with Crippen molar-refractivity contribution in [3.63, 3.8) is 0 Å². The summed E-state index contributed by atoms with van der Waals surface area (Å²) in [6, 6.07) is 0. The first-order chi connectivity index (χ1) is 7.02. The van der Waals surface area contributed by atoms with Gasteiger partial charge >= 0.3 is 5.97 Å². The highest BCUT2D eigenvalue weighted by molar-refractivity contribution is 5.73. The first-order valence-electron chi connectivity index (χ1n) is 5.20. The molecule has 1 heterocycles. The number of rotatable bonds is 5. The summed E-state index contributed by atoms with van der Waals surface area (Å²) in [6.45, 7) is 3.80. The molecule has 0 aliphatic carbocycles. The SMILES string of the molecule is CC(O)C(C)OC(C(=O)O)C1CCCO1. The number of carboxylic acids is 1. The van der Waals surface area contributed by atoms with E-state index in [4.69, 9.17) is 14.6 Å². The Morgan fingerprint density at radius 3 is 2.60 bits per heavy atom. The van der Waals surface area contributed by atoms with Crippen LogP contribution in [0.1, 0.15) is 26.7 Å². The van der Waals surface area contributed by atoms with Gasteiger partial charge in [-0.25, -0.2) is 4.79 Å². The maximum atomic E-state index is 11.0. The Hall–Kier alpha value is -0.650. The van der Waals surface area contributed by atoms with Crippen molar-refractivity contribution in [2.75, 3.05) is 6.61 Å². The van der Waals surface area contributed by atoms with E-state index in [1.807, 2.05) is 0 Å². The van der Waals surface area contributed by atoms with E-state index in [9.17, 15) is 9.90 Å². The lowest BCUT2D eigenvalue weighted by molar-refractivity contribution is -0.169. The van der Waals surface area contributed by atoms with Crippen LogP contribution in [0.25, 0.3) is 0 Å². The highest BCUT2D eigenvalue weighted by Crippen LogP contribution is 2.19. The van der Waals surface area contributed by atoms with Crippen molar-refractivity contribution in [1.29, 1.82) is 0 Å². The first-order valence-corrected chi connectivity index (χ1v) is 5.20. The van der Waals surface area contributed by atoms with Gasteiger partial charge in [0, 0.05) is 6.61 Å². The lowest BCUT2D eigenvalue weighted by Crippen LogP contribution is -2.41. The molecule has 0 spiro atoms. The maximum absolute atomic E-state index is 11.0. The lowest BCUT2D eigenvalue weighted by Gasteiger charge is -2.24. The molecule has 1 saturated heterocycles. The summed E-state index contributed by atoms with van der Waals surface area (Å²) in [4.78, 5) is 11.0. The second-order valence-electron chi connectivity index (χ2n) is 3.89. The molecule has 0 aromatic carbocycles. The van der Waals surface area contributed by atoms with E-state index in [0.717, 1.165) is 6.42 Å². The van der Waals surface area contributed by atoms with Crippen molar-refractivity contribution in [2.45, 2.75) is 51.1 Å². The molecule has 4 atom stereocenters. The third kappa shape index (κ3) is 3.44. The van der Waals surface area contributed by atoms with Crippen molar-refractivity contribution in [3.8, 4) is 0 Å². The number of aliphatic hydroxyl groups is 1. The summed E-state index contributed by atoms with van der Waals surface area (Å²) in [5, 5.41) is 18.2. The molecule has 1 aliphatic heterocycles. The van der Waals surface area contributed by atoms with Gasteiger partial charge in [0.15, 0.2) is 6.10 Å². The fraction of sp³-hybridized carbons (Fsp3) is 0.900. The molecule has 5 heteroatoms. The normalized spacial score (nSPS) is 27.3. The topological polar surface area (TPSA) is 76.0 Å². The monoisotopic (exact) mass is 218 g/mol. The predicted octanol–water partition coefficient (Wildman–Crippen LogP) is 0.404. The zero-order chi connectivity index (χ0) is 11.4. The van der Waals surface area contributed by atoms with Gasteiger partial charge in [-0.05, 0) is 26.7 Å². The molecule has 0 amide bonds. The molecule has 0 saturated carbocycles. The Morgan fingerprint density at radius 1 is 1.53 bits per heavy atom. The molecule has 88 valence electrons. The van der Waals surface area contributed by atoms with Crippen LogP contribution in [0.5, 0.6) is 0 Å². The number of aliphatic hydroxyl groups excluding tert-OH is 1. The summed E-state index contributed by atoms with van der Waals surface area (Å²) in [7, 11) is 0. The van der Waals surface area contributed by atoms with Crippen molar-refractivity contribution in [3.05, 3.63) is 0 Å². The molecule has 4 unspecified atom stereocenters. The highest BCUT2D eigenvalue weighted by atomic mass is 16.6. The smallest absolute Gasteiger partial charge is 0.335 e. The predicted molar refractivity (Wildman–Crippen MR) is 52.6 cm³/mol. The van der Waals surface area contributed by atoms with E-state index in [1.165, 1.54) is 0 Å². The minimum atomic E-state index is -1.03. The number of aliphatic carboxylic acids is 1. The van der Waals surface area contributed by atoms with Crippen LogP contribution in [0.2, 0.25) is 0 Å². The van der Waals surface area contributed by atoms with E-state index in [-0.39, 0.29) is 6.10 Å². The van der Waals surface area contributed by atoms with Crippen LogP contribution in [0, 0.1) is 0 Å². The van der Waals surface area contributed by atoms with Gasteiger partial charge in [0.1, 0.15) is 0 Å². The molecule has 0 bridgehead atoms. The Morgan fingerprint density at radius 2 is 2.20 bits per heavy atom. The van der Waals surface area contributed by atoms with Gasteiger partial charge in [0.25, 0.3) is 0 Å². The Balaban J connectivity index is 2.53. The van der Waals surface area contributed by atoms with Gasteiger partial charge in [-0.2, -0.15) is 0 Å². The van der Waals surface area contributed by atoms with Crippen LogP contribution in [-0.4, -0.2) is 47.2 Å². The third-order valence-corrected chi connectivity index (χ3v) is 2.59. The van der Waals surface area contributed by atoms with Gasteiger partial charge in [0.05, 0.1) is 18.3 Å². The van der Waals surface area contributed by atoms with Crippen LogP contribution >= 0.6 is 0 Å². The van der Waals surface area contributed by atoms with Crippen molar-refractivity contribution in [2.24, 2.45) is 0 Å². The van der Waals surface area contributed by atoms with Crippen LogP contribution in [0.4, 0.5) is 0 Å². The highest BCUT2D eigenvalue weighted by Gasteiger charge is 2.34. The second kappa shape index (κ2) is 5.44. The van der Waals surface area contributed by atoms with Crippen molar-refractivity contribution in [1.82, 2.24) is 0 Å². The Kier molecular flexibility index (Phi) is 4.50. The van der Waals surface area contributed by atoms with E-state index < -0.39 is 24.3 Å². The average molecular weight is 218 g/mol. The number of carboxylic acid groups (broad SMARTS) is 1. The molecular formula is C10H18O5. The van der Waals surface area contributed by atoms with Gasteiger partial charge < -0.3 is 19.7 Å². The summed E-state index contributed by atoms with van der Waals surface area (Å²) < 4.78 is 10.6. The third-order valence-electron chi connectivity index (χ3n) is 2.59. The molecule has 5 nitrogen and oxygen atoms in total. The standard InChI is InChI=1S/C10H18O5/c1-6(11)7(2)15-9(10(12)13)8-4-3-5-14-8/h6-9,11H,3-5H2,1-2H3,(H,12,13). The van der Waals surface area contributed by atoms with Gasteiger partial charge in [0.2, 0.25) is 0 Å². The van der Waals surface area contributed by atoms with Crippen molar-refractivity contribution >= 4 is 5.97 Å². The number of hydrogen-bond acceptors (Lipinski definition) is 4. The van der Waals surface area contributed by atoms with E-state index in [1.54, 1.807) is 13.8 Å². The number of hydrogen-bond donors (Lipinski definition) is 2. The van der Waals surface area contributed by atoms with Crippen molar-refractivity contribution < 1.29 is 24.5 Å². The minimum Gasteiger partial charge on any atom is -0.479 e. The Bertz CT molecular complexity index is 210. The molecule has 0 radical (unpaired) electrons. The molecule has 15 heavy (non-hydrogen) atoms. The summed E-state index contributed by atoms with van der Waals surface area (Å²) in [6.07, 6.45) is -0.992. The fourth-order valence-electron chi connectivity index (χ4n) is 1.49. The minimum absolute atomic E-state index is 0.385. The zero-order valence-corrected chi connectivity index (χ0v) is 9.05. The van der Waals surface area contributed by atoms with Gasteiger partial charge in [-0.3, -0.25) is 0 Å². The molecule has 2 N–H and O–H groups in total. The average Bonchev–Trinajstić information content (AvgIpc) is 2.65. The first kappa shape index (κ1) is 12.4. The fourth-order valence-corrected chi connectivity index (χ4v) is 1.49. The van der Waals surface area contributed by atoms with Gasteiger partial charge in [-0.1, -0.05) is 0 Å².